The molecule has 2 aliphatic rings. The first kappa shape index (κ1) is 17.8. The predicted molar refractivity (Wildman–Crippen MR) is 93.1 cm³/mol. The highest BCUT2D eigenvalue weighted by Gasteiger charge is 2.24. The largest absolute Gasteiger partial charge is 0.381 e. The first-order chi connectivity index (χ1) is 12.2. The Bertz CT molecular complexity index is 594. The number of aromatic nitrogens is 2. The average Bonchev–Trinajstić information content (AvgIpc) is 2.89. The van der Waals surface area contributed by atoms with E-state index in [1.165, 1.54) is 6.20 Å². The molecule has 1 atom stereocenters. The lowest BCUT2D eigenvalue weighted by molar-refractivity contribution is -0.133. The van der Waals surface area contributed by atoms with Gasteiger partial charge in [-0.05, 0) is 25.2 Å². The number of ether oxygens (including phenoxy) is 1. The van der Waals surface area contributed by atoms with Gasteiger partial charge in [0.15, 0.2) is 11.6 Å². The number of nitrogens with one attached hydrogen (secondary N) is 1. The highest BCUT2D eigenvalue weighted by Crippen LogP contribution is 2.20. The molecule has 0 spiro atoms. The maximum atomic E-state index is 13.5. The molecule has 0 radical (unpaired) electrons. The van der Waals surface area contributed by atoms with E-state index in [4.69, 9.17) is 4.74 Å². The lowest BCUT2D eigenvalue weighted by atomic mass is 9.98. The zero-order valence-corrected chi connectivity index (χ0v) is 14.7. The van der Waals surface area contributed by atoms with E-state index in [1.54, 1.807) is 7.05 Å². The fourth-order valence-electron chi connectivity index (χ4n) is 3.40. The molecule has 3 heterocycles. The van der Waals surface area contributed by atoms with Crippen LogP contribution in [0.3, 0.4) is 0 Å². The van der Waals surface area contributed by atoms with Crippen LogP contribution in [0.25, 0.3) is 0 Å². The van der Waals surface area contributed by atoms with Crippen LogP contribution in [0.1, 0.15) is 25.7 Å². The van der Waals surface area contributed by atoms with E-state index in [0.29, 0.717) is 38.0 Å². The summed E-state index contributed by atoms with van der Waals surface area (Å²) in [4.78, 5) is 24.8. The highest BCUT2D eigenvalue weighted by molar-refractivity contribution is 5.76. The van der Waals surface area contributed by atoms with Gasteiger partial charge in [-0.1, -0.05) is 0 Å². The molecule has 1 aromatic heterocycles. The van der Waals surface area contributed by atoms with Gasteiger partial charge >= 0.3 is 0 Å². The summed E-state index contributed by atoms with van der Waals surface area (Å²) >= 11 is 0. The van der Waals surface area contributed by atoms with Gasteiger partial charge in [-0.2, -0.15) is 4.98 Å². The van der Waals surface area contributed by atoms with Crippen LogP contribution in [-0.4, -0.2) is 67.2 Å². The van der Waals surface area contributed by atoms with Crippen molar-refractivity contribution in [3.8, 4) is 0 Å². The zero-order valence-electron chi connectivity index (χ0n) is 14.7. The highest BCUT2D eigenvalue weighted by atomic mass is 19.1. The minimum Gasteiger partial charge on any atom is -0.381 e. The quantitative estimate of drug-likeness (QED) is 0.887. The van der Waals surface area contributed by atoms with Crippen molar-refractivity contribution in [3.63, 3.8) is 0 Å². The number of carbonyl (C=O) groups is 1. The number of rotatable bonds is 4. The zero-order chi connectivity index (χ0) is 17.6. The van der Waals surface area contributed by atoms with E-state index < -0.39 is 5.82 Å². The molecule has 8 heteroatoms. The van der Waals surface area contributed by atoms with Crippen molar-refractivity contribution in [2.45, 2.75) is 25.7 Å². The molecule has 2 fully saturated rings. The van der Waals surface area contributed by atoms with Gasteiger partial charge in [-0.25, -0.2) is 9.37 Å². The van der Waals surface area contributed by atoms with Crippen molar-refractivity contribution >= 4 is 17.7 Å². The number of halogens is 1. The van der Waals surface area contributed by atoms with Crippen LogP contribution in [0.4, 0.5) is 16.2 Å². The molecule has 25 heavy (non-hydrogen) atoms. The minimum atomic E-state index is -0.465. The summed E-state index contributed by atoms with van der Waals surface area (Å²) in [6.07, 6.45) is 4.72. The third-order valence-electron chi connectivity index (χ3n) is 4.82. The Morgan fingerprint density at radius 1 is 1.36 bits per heavy atom. The van der Waals surface area contributed by atoms with Gasteiger partial charge in [-0.3, -0.25) is 4.79 Å². The van der Waals surface area contributed by atoms with Crippen LogP contribution < -0.4 is 10.2 Å². The Balaban J connectivity index is 1.57. The van der Waals surface area contributed by atoms with Crippen molar-refractivity contribution in [2.75, 3.05) is 56.7 Å². The number of carbonyl (C=O) groups excluding carboxylic acids is 1. The normalized spacial score (nSPS) is 21.8. The molecule has 0 saturated carbocycles. The molecule has 7 nitrogen and oxygen atoms in total. The third-order valence-corrected chi connectivity index (χ3v) is 4.82. The second-order valence-corrected chi connectivity index (χ2v) is 6.63. The Morgan fingerprint density at radius 2 is 2.24 bits per heavy atom. The van der Waals surface area contributed by atoms with Crippen LogP contribution in [0.2, 0.25) is 0 Å². The number of nitrogens with zero attached hydrogens (tertiary/aromatic N) is 4. The third kappa shape index (κ3) is 4.56. The molecule has 2 saturated heterocycles. The number of hydrogen-bond acceptors (Lipinski definition) is 6. The standard InChI is InChI=1S/C17H26FN5O2/c1-19-16-14(18)11-20-17(21-16)23-6-3-5-22(7-8-23)15(24)10-13-4-2-9-25-12-13/h11,13H,2-10,12H2,1H3,(H,19,20,21). The van der Waals surface area contributed by atoms with Crippen molar-refractivity contribution in [3.05, 3.63) is 12.0 Å². The summed E-state index contributed by atoms with van der Waals surface area (Å²) in [7, 11) is 1.63. The SMILES string of the molecule is CNc1nc(N2CCCN(C(=O)CC3CCCOC3)CC2)ncc1F. The van der Waals surface area contributed by atoms with Crippen LogP contribution in [-0.2, 0) is 9.53 Å². The monoisotopic (exact) mass is 351 g/mol. The summed E-state index contributed by atoms with van der Waals surface area (Å²) in [5.74, 6) is 0.778. The first-order valence-corrected chi connectivity index (χ1v) is 8.98. The summed E-state index contributed by atoms with van der Waals surface area (Å²) in [6, 6.07) is 0. The van der Waals surface area contributed by atoms with Crippen molar-refractivity contribution < 1.29 is 13.9 Å². The summed E-state index contributed by atoms with van der Waals surface area (Å²) in [6.45, 7) is 4.30. The molecule has 1 amide bonds. The minimum absolute atomic E-state index is 0.194. The van der Waals surface area contributed by atoms with Gasteiger partial charge in [0.1, 0.15) is 0 Å². The summed E-state index contributed by atoms with van der Waals surface area (Å²) < 4.78 is 19.0. The van der Waals surface area contributed by atoms with Gasteiger partial charge in [0, 0.05) is 52.9 Å². The lowest BCUT2D eigenvalue weighted by Gasteiger charge is -2.26. The van der Waals surface area contributed by atoms with Gasteiger partial charge in [-0.15, -0.1) is 0 Å². The maximum Gasteiger partial charge on any atom is 0.227 e. The molecule has 2 aliphatic heterocycles. The van der Waals surface area contributed by atoms with E-state index in [0.717, 1.165) is 39.0 Å². The molecule has 3 rings (SSSR count). The lowest BCUT2D eigenvalue weighted by Crippen LogP contribution is -2.37. The van der Waals surface area contributed by atoms with E-state index in [9.17, 15) is 9.18 Å². The van der Waals surface area contributed by atoms with Crippen LogP contribution >= 0.6 is 0 Å². The Hall–Kier alpha value is -1.96. The number of amides is 1. The van der Waals surface area contributed by atoms with E-state index in [2.05, 4.69) is 15.3 Å². The summed E-state index contributed by atoms with van der Waals surface area (Å²) in [5, 5.41) is 2.73. The van der Waals surface area contributed by atoms with E-state index in [1.807, 2.05) is 9.80 Å². The maximum absolute atomic E-state index is 13.5. The molecule has 0 bridgehead atoms. The fraction of sp³-hybridized carbons (Fsp3) is 0.706. The molecule has 138 valence electrons. The van der Waals surface area contributed by atoms with Gasteiger partial charge in [0.25, 0.3) is 0 Å². The Kier molecular flexibility index (Phi) is 6.01. The molecule has 0 aromatic carbocycles. The molecular weight excluding hydrogens is 325 g/mol. The smallest absolute Gasteiger partial charge is 0.227 e. The Morgan fingerprint density at radius 3 is 3.00 bits per heavy atom. The molecular formula is C17H26FN5O2. The first-order valence-electron chi connectivity index (χ1n) is 8.98. The molecule has 1 unspecified atom stereocenters. The van der Waals surface area contributed by atoms with Crippen LogP contribution in [0.15, 0.2) is 6.20 Å². The van der Waals surface area contributed by atoms with Gasteiger partial charge < -0.3 is 19.9 Å². The Labute approximate surface area is 147 Å². The van der Waals surface area contributed by atoms with Gasteiger partial charge in [0.05, 0.1) is 6.20 Å². The van der Waals surface area contributed by atoms with Crippen molar-refractivity contribution in [1.29, 1.82) is 0 Å². The van der Waals surface area contributed by atoms with Crippen LogP contribution in [0, 0.1) is 11.7 Å². The van der Waals surface area contributed by atoms with E-state index in [-0.39, 0.29) is 11.7 Å². The molecule has 1 N–H and O–H groups in total. The number of hydrogen-bond donors (Lipinski definition) is 1. The number of anilines is 2. The van der Waals surface area contributed by atoms with Crippen molar-refractivity contribution in [1.82, 2.24) is 14.9 Å². The van der Waals surface area contributed by atoms with Gasteiger partial charge in [0.2, 0.25) is 11.9 Å². The molecule has 1 aromatic rings. The molecule has 0 aliphatic carbocycles. The second kappa shape index (κ2) is 8.42. The summed E-state index contributed by atoms with van der Waals surface area (Å²) in [5.41, 5.74) is 0. The predicted octanol–water partition coefficient (Wildman–Crippen LogP) is 1.51. The average molecular weight is 351 g/mol. The topological polar surface area (TPSA) is 70.6 Å². The van der Waals surface area contributed by atoms with Crippen LogP contribution in [0.5, 0.6) is 0 Å². The fourth-order valence-corrected chi connectivity index (χ4v) is 3.40. The second-order valence-electron chi connectivity index (χ2n) is 6.63. The van der Waals surface area contributed by atoms with E-state index >= 15 is 0 Å². The van der Waals surface area contributed by atoms with Crippen molar-refractivity contribution in [2.24, 2.45) is 5.92 Å².